The van der Waals surface area contributed by atoms with E-state index in [4.69, 9.17) is 11.6 Å². The van der Waals surface area contributed by atoms with Crippen molar-refractivity contribution in [1.29, 1.82) is 0 Å². The van der Waals surface area contributed by atoms with Gasteiger partial charge in [0.25, 0.3) is 0 Å². The van der Waals surface area contributed by atoms with Gasteiger partial charge in [-0.05, 0) is 31.5 Å². The highest BCUT2D eigenvalue weighted by Crippen LogP contribution is 2.32. The highest BCUT2D eigenvalue weighted by Gasteiger charge is 2.35. The first-order valence-electron chi connectivity index (χ1n) is 9.24. The summed E-state index contributed by atoms with van der Waals surface area (Å²) in [5.41, 5.74) is 2.03. The van der Waals surface area contributed by atoms with Crippen LogP contribution in [0.5, 0.6) is 0 Å². The lowest BCUT2D eigenvalue weighted by Gasteiger charge is -2.35. The Kier molecular flexibility index (Phi) is 4.74. The Morgan fingerprint density at radius 1 is 1.36 bits per heavy atom. The van der Waals surface area contributed by atoms with E-state index >= 15 is 0 Å². The molecular formula is C19H21ClFN5O2. The predicted molar refractivity (Wildman–Crippen MR) is 104 cm³/mol. The lowest BCUT2D eigenvalue weighted by Crippen LogP contribution is -2.47. The number of halogens is 2. The number of hydrogen-bond donors (Lipinski definition) is 1. The summed E-state index contributed by atoms with van der Waals surface area (Å²) in [5, 5.41) is 7.13. The van der Waals surface area contributed by atoms with Gasteiger partial charge in [-0.25, -0.2) is 9.18 Å². The van der Waals surface area contributed by atoms with E-state index in [1.54, 1.807) is 16.0 Å². The van der Waals surface area contributed by atoms with Crippen LogP contribution in [0.3, 0.4) is 0 Å². The molecule has 1 fully saturated rings. The second-order valence-corrected chi connectivity index (χ2v) is 7.78. The molecule has 28 heavy (non-hydrogen) atoms. The smallest absolute Gasteiger partial charge is 0.314 e. The van der Waals surface area contributed by atoms with Crippen LogP contribution in [0.15, 0.2) is 24.4 Å². The van der Waals surface area contributed by atoms with Crippen molar-refractivity contribution in [2.75, 3.05) is 16.8 Å². The van der Waals surface area contributed by atoms with E-state index < -0.39 is 5.82 Å². The predicted octanol–water partition coefficient (Wildman–Crippen LogP) is 3.48. The summed E-state index contributed by atoms with van der Waals surface area (Å²) in [6.45, 7) is 5.38. The molecule has 7 nitrogen and oxygen atoms in total. The third kappa shape index (κ3) is 3.22. The molecule has 3 amide bonds. The Balaban J connectivity index is 1.55. The summed E-state index contributed by atoms with van der Waals surface area (Å²) in [6.07, 6.45) is 2.52. The molecule has 2 atom stereocenters. The summed E-state index contributed by atoms with van der Waals surface area (Å²) in [6, 6.07) is 3.65. The van der Waals surface area contributed by atoms with Crippen molar-refractivity contribution in [1.82, 2.24) is 14.7 Å². The molecule has 1 aromatic carbocycles. The maximum atomic E-state index is 13.3. The van der Waals surface area contributed by atoms with Gasteiger partial charge >= 0.3 is 6.03 Å². The molecule has 0 spiro atoms. The molecule has 1 aromatic heterocycles. The second kappa shape index (κ2) is 7.09. The first kappa shape index (κ1) is 18.7. The van der Waals surface area contributed by atoms with Gasteiger partial charge in [-0.15, -0.1) is 0 Å². The van der Waals surface area contributed by atoms with Crippen molar-refractivity contribution in [3.8, 4) is 0 Å². The van der Waals surface area contributed by atoms with Crippen LogP contribution in [-0.2, 0) is 17.9 Å². The average Bonchev–Trinajstić information content (AvgIpc) is 3.20. The van der Waals surface area contributed by atoms with E-state index in [1.807, 2.05) is 18.5 Å². The molecule has 4 rings (SSSR count). The first-order valence-corrected chi connectivity index (χ1v) is 9.61. The van der Waals surface area contributed by atoms with Crippen LogP contribution in [0.2, 0.25) is 5.02 Å². The molecule has 2 unspecified atom stereocenters. The van der Waals surface area contributed by atoms with Gasteiger partial charge in [0.1, 0.15) is 5.82 Å². The normalized spacial score (nSPS) is 21.8. The lowest BCUT2D eigenvalue weighted by atomic mass is 10.1. The van der Waals surface area contributed by atoms with Crippen molar-refractivity contribution >= 4 is 34.9 Å². The number of hydrogen-bond acceptors (Lipinski definition) is 3. The van der Waals surface area contributed by atoms with E-state index in [1.165, 1.54) is 18.2 Å². The molecule has 9 heteroatoms. The van der Waals surface area contributed by atoms with Crippen LogP contribution in [0, 0.1) is 11.7 Å². The number of anilines is 2. The van der Waals surface area contributed by atoms with Crippen molar-refractivity contribution in [2.24, 2.45) is 5.92 Å². The maximum absolute atomic E-state index is 13.3. The highest BCUT2D eigenvalue weighted by molar-refractivity contribution is 6.31. The summed E-state index contributed by atoms with van der Waals surface area (Å²) in [5.74, 6) is -0.448. The number of benzene rings is 1. The van der Waals surface area contributed by atoms with Crippen molar-refractivity contribution in [2.45, 2.75) is 39.4 Å². The molecule has 2 aliphatic rings. The Hall–Kier alpha value is -2.61. The number of aromatic nitrogens is 2. The van der Waals surface area contributed by atoms with Gasteiger partial charge in [-0.3, -0.25) is 9.48 Å². The van der Waals surface area contributed by atoms with E-state index in [-0.39, 0.29) is 28.9 Å². The Labute approximate surface area is 167 Å². The quantitative estimate of drug-likeness (QED) is 0.831. The monoisotopic (exact) mass is 405 g/mol. The molecule has 1 saturated heterocycles. The fraction of sp³-hybridized carbons (Fsp3) is 0.421. The zero-order valence-corrected chi connectivity index (χ0v) is 16.4. The summed E-state index contributed by atoms with van der Waals surface area (Å²) >= 11 is 5.79. The molecule has 0 aliphatic carbocycles. The number of nitrogens with zero attached hydrogens (tertiary/aromatic N) is 4. The SMILES string of the molecule is CC1CCN(c2cnn3c2CN(C(=O)Nc2ccc(F)c(Cl)c2)C(C)C3)C1=O. The van der Waals surface area contributed by atoms with Crippen LogP contribution in [0.4, 0.5) is 20.6 Å². The van der Waals surface area contributed by atoms with E-state index in [2.05, 4.69) is 10.4 Å². The van der Waals surface area contributed by atoms with Gasteiger partial charge in [-0.2, -0.15) is 5.10 Å². The zero-order valence-electron chi connectivity index (χ0n) is 15.7. The van der Waals surface area contributed by atoms with Crippen LogP contribution < -0.4 is 10.2 Å². The van der Waals surface area contributed by atoms with Gasteiger partial charge in [-0.1, -0.05) is 18.5 Å². The lowest BCUT2D eigenvalue weighted by molar-refractivity contribution is -0.119. The van der Waals surface area contributed by atoms with Gasteiger partial charge in [0.2, 0.25) is 5.91 Å². The average molecular weight is 406 g/mol. The number of urea groups is 1. The highest BCUT2D eigenvalue weighted by atomic mass is 35.5. The number of rotatable bonds is 2. The van der Waals surface area contributed by atoms with E-state index in [0.717, 1.165) is 17.8 Å². The Morgan fingerprint density at radius 2 is 2.14 bits per heavy atom. The standard InChI is InChI=1S/C19H21ClFN5O2/c1-11-5-6-24(18(11)27)16-8-22-26-9-12(2)25(10-17(16)26)19(28)23-13-3-4-15(21)14(20)7-13/h3-4,7-8,11-12H,5-6,9-10H2,1-2H3,(H,23,28). The topological polar surface area (TPSA) is 70.5 Å². The van der Waals surface area contributed by atoms with Gasteiger partial charge < -0.3 is 15.1 Å². The summed E-state index contributed by atoms with van der Waals surface area (Å²) < 4.78 is 15.2. The van der Waals surface area contributed by atoms with Gasteiger partial charge in [0.05, 0.1) is 41.7 Å². The Morgan fingerprint density at radius 3 is 2.82 bits per heavy atom. The third-order valence-electron chi connectivity index (χ3n) is 5.41. The van der Waals surface area contributed by atoms with Gasteiger partial charge in [0, 0.05) is 18.2 Å². The van der Waals surface area contributed by atoms with E-state index in [9.17, 15) is 14.0 Å². The number of nitrogens with one attached hydrogen (secondary N) is 1. The third-order valence-corrected chi connectivity index (χ3v) is 5.70. The van der Waals surface area contributed by atoms with Crippen LogP contribution >= 0.6 is 11.6 Å². The van der Waals surface area contributed by atoms with E-state index in [0.29, 0.717) is 25.3 Å². The maximum Gasteiger partial charge on any atom is 0.322 e. The minimum atomic E-state index is -0.538. The summed E-state index contributed by atoms with van der Waals surface area (Å²) in [7, 11) is 0. The minimum absolute atomic E-state index is 0.000639. The number of carbonyl (C=O) groups excluding carboxylic acids is 2. The summed E-state index contributed by atoms with van der Waals surface area (Å²) in [4.78, 5) is 28.7. The van der Waals surface area contributed by atoms with Crippen LogP contribution in [0.25, 0.3) is 0 Å². The van der Waals surface area contributed by atoms with Gasteiger partial charge in [0.15, 0.2) is 0 Å². The number of carbonyl (C=O) groups is 2. The molecular weight excluding hydrogens is 385 g/mol. The molecule has 2 aromatic rings. The Bertz CT molecular complexity index is 946. The molecule has 3 heterocycles. The molecule has 0 saturated carbocycles. The molecule has 2 aliphatic heterocycles. The number of amides is 3. The van der Waals surface area contributed by atoms with Crippen LogP contribution in [-0.4, -0.2) is 39.2 Å². The zero-order chi connectivity index (χ0) is 20.0. The number of fused-ring (bicyclic) bond motifs is 1. The fourth-order valence-corrected chi connectivity index (χ4v) is 3.90. The van der Waals surface area contributed by atoms with Crippen LogP contribution in [0.1, 0.15) is 26.0 Å². The van der Waals surface area contributed by atoms with Crippen molar-refractivity contribution in [3.05, 3.63) is 40.9 Å². The van der Waals surface area contributed by atoms with Crippen molar-refractivity contribution < 1.29 is 14.0 Å². The first-order chi connectivity index (χ1) is 13.3. The van der Waals surface area contributed by atoms with Crippen molar-refractivity contribution in [3.63, 3.8) is 0 Å². The minimum Gasteiger partial charge on any atom is -0.314 e. The second-order valence-electron chi connectivity index (χ2n) is 7.37. The fourth-order valence-electron chi connectivity index (χ4n) is 3.72. The molecule has 148 valence electrons. The molecule has 0 bridgehead atoms. The molecule has 1 N–H and O–H groups in total. The largest absolute Gasteiger partial charge is 0.322 e. The molecule has 0 radical (unpaired) electrons.